The van der Waals surface area contributed by atoms with Crippen molar-refractivity contribution >= 4 is 24.2 Å². The number of nitrogens with one attached hydrogen (secondary N) is 3. The van der Waals surface area contributed by atoms with E-state index in [0.29, 0.717) is 25.7 Å². The minimum atomic E-state index is -0.874. The average Bonchev–Trinajstić information content (AvgIpc) is 2.89. The molecule has 3 amide bonds. The molecule has 0 aliphatic carbocycles. The number of ether oxygens (including phenoxy) is 1. The molecule has 3 atom stereocenters. The third-order valence-corrected chi connectivity index (χ3v) is 5.95. The Bertz CT molecular complexity index is 1010. The third-order valence-electron chi connectivity index (χ3n) is 5.95. The topological polar surface area (TPSA) is 114 Å². The highest BCUT2D eigenvalue weighted by Gasteiger charge is 2.29. The van der Waals surface area contributed by atoms with Gasteiger partial charge in [0.1, 0.15) is 25.0 Å². The molecule has 0 radical (unpaired) electrons. The van der Waals surface area contributed by atoms with Crippen LogP contribution >= 0.6 is 0 Å². The van der Waals surface area contributed by atoms with Crippen LogP contribution in [0.2, 0.25) is 0 Å². The smallest absolute Gasteiger partial charge is 0.408 e. The van der Waals surface area contributed by atoms with E-state index in [-0.39, 0.29) is 18.4 Å². The van der Waals surface area contributed by atoms with Gasteiger partial charge in [-0.3, -0.25) is 9.59 Å². The zero-order valence-electron chi connectivity index (χ0n) is 22.8. The van der Waals surface area contributed by atoms with Crippen molar-refractivity contribution in [3.05, 3.63) is 71.8 Å². The van der Waals surface area contributed by atoms with E-state index in [4.69, 9.17) is 4.74 Å². The summed E-state index contributed by atoms with van der Waals surface area (Å²) >= 11 is 0. The fourth-order valence-electron chi connectivity index (χ4n) is 4.01. The second-order valence-corrected chi connectivity index (χ2v) is 10.4. The molecule has 2 aromatic rings. The summed E-state index contributed by atoms with van der Waals surface area (Å²) in [5.74, 6) is -0.678. The molecule has 0 saturated carbocycles. The molecule has 1 unspecified atom stereocenters. The maximum absolute atomic E-state index is 13.2. The first-order valence-electron chi connectivity index (χ1n) is 13.2. The van der Waals surface area contributed by atoms with Gasteiger partial charge in [-0.05, 0) is 48.6 Å². The van der Waals surface area contributed by atoms with E-state index in [1.54, 1.807) is 0 Å². The highest BCUT2D eigenvalue weighted by atomic mass is 16.5. The van der Waals surface area contributed by atoms with Crippen LogP contribution in [-0.4, -0.2) is 42.3 Å². The number of benzene rings is 2. The molecule has 3 N–H and O–H groups in total. The van der Waals surface area contributed by atoms with Crippen LogP contribution in [-0.2, 0) is 32.1 Å². The Morgan fingerprint density at radius 2 is 1.24 bits per heavy atom. The predicted octanol–water partition coefficient (Wildman–Crippen LogP) is 4.17. The van der Waals surface area contributed by atoms with Crippen LogP contribution in [0.25, 0.3) is 0 Å². The number of amides is 3. The lowest BCUT2D eigenvalue weighted by Gasteiger charge is -2.26. The highest BCUT2D eigenvalue weighted by molar-refractivity contribution is 5.92. The zero-order chi connectivity index (χ0) is 27.9. The van der Waals surface area contributed by atoms with Gasteiger partial charge in [0.2, 0.25) is 11.8 Å². The first-order valence-corrected chi connectivity index (χ1v) is 13.2. The lowest BCUT2D eigenvalue weighted by atomic mass is 9.99. The number of rotatable bonds is 15. The van der Waals surface area contributed by atoms with Gasteiger partial charge in [-0.15, -0.1) is 0 Å². The predicted molar refractivity (Wildman–Crippen MR) is 147 cm³/mol. The Kier molecular flexibility index (Phi) is 13.0. The van der Waals surface area contributed by atoms with Gasteiger partial charge in [0.25, 0.3) is 0 Å². The van der Waals surface area contributed by atoms with Gasteiger partial charge in [-0.25, -0.2) is 4.79 Å². The lowest BCUT2D eigenvalue weighted by molar-refractivity contribution is -0.131. The first kappa shape index (κ1) is 30.5. The number of carbonyl (C=O) groups is 4. The van der Waals surface area contributed by atoms with Crippen molar-refractivity contribution in [3.8, 4) is 0 Å². The number of aryl methyl sites for hydroxylation is 1. The van der Waals surface area contributed by atoms with Crippen molar-refractivity contribution in [2.75, 3.05) is 0 Å². The molecule has 0 saturated heterocycles. The number of alkyl carbamates (subject to hydrolysis) is 1. The van der Waals surface area contributed by atoms with E-state index in [0.717, 1.165) is 17.4 Å². The van der Waals surface area contributed by atoms with Gasteiger partial charge >= 0.3 is 6.09 Å². The quantitative estimate of drug-likeness (QED) is 0.303. The molecule has 206 valence electrons. The van der Waals surface area contributed by atoms with Crippen LogP contribution < -0.4 is 16.0 Å². The van der Waals surface area contributed by atoms with Crippen molar-refractivity contribution in [3.63, 3.8) is 0 Å². The molecule has 0 bridgehead atoms. The molecular weight excluding hydrogens is 482 g/mol. The highest BCUT2D eigenvalue weighted by Crippen LogP contribution is 2.11. The number of hydrogen-bond acceptors (Lipinski definition) is 5. The Morgan fingerprint density at radius 3 is 1.76 bits per heavy atom. The van der Waals surface area contributed by atoms with Crippen molar-refractivity contribution in [1.29, 1.82) is 0 Å². The summed E-state index contributed by atoms with van der Waals surface area (Å²) in [5.41, 5.74) is 1.90. The summed E-state index contributed by atoms with van der Waals surface area (Å²) in [6, 6.07) is 16.6. The molecule has 38 heavy (non-hydrogen) atoms. The lowest BCUT2D eigenvalue weighted by Crippen LogP contribution is -2.55. The van der Waals surface area contributed by atoms with Crippen molar-refractivity contribution in [2.45, 2.75) is 78.1 Å². The summed E-state index contributed by atoms with van der Waals surface area (Å²) in [6.45, 7) is 7.86. The number of carbonyl (C=O) groups excluding carboxylic acids is 4. The zero-order valence-corrected chi connectivity index (χ0v) is 22.8. The fraction of sp³-hybridized carbons (Fsp3) is 0.467. The summed E-state index contributed by atoms with van der Waals surface area (Å²) < 4.78 is 5.29. The van der Waals surface area contributed by atoms with E-state index in [1.165, 1.54) is 0 Å². The van der Waals surface area contributed by atoms with Crippen LogP contribution in [0.5, 0.6) is 0 Å². The second-order valence-electron chi connectivity index (χ2n) is 10.4. The molecule has 0 aliphatic heterocycles. The van der Waals surface area contributed by atoms with Gasteiger partial charge < -0.3 is 25.5 Å². The number of hydrogen-bond donors (Lipinski definition) is 3. The molecule has 2 aromatic carbocycles. The minimum Gasteiger partial charge on any atom is -0.445 e. The summed E-state index contributed by atoms with van der Waals surface area (Å²) in [7, 11) is 0. The van der Waals surface area contributed by atoms with Crippen LogP contribution in [0.15, 0.2) is 60.7 Å². The molecule has 2 rings (SSSR count). The third kappa shape index (κ3) is 11.6. The van der Waals surface area contributed by atoms with Crippen LogP contribution in [0.4, 0.5) is 4.79 Å². The Balaban J connectivity index is 2.00. The van der Waals surface area contributed by atoms with E-state index in [1.807, 2.05) is 88.4 Å². The second kappa shape index (κ2) is 16.2. The van der Waals surface area contributed by atoms with Gasteiger partial charge in [0.05, 0.1) is 6.04 Å². The van der Waals surface area contributed by atoms with Gasteiger partial charge in [0.15, 0.2) is 0 Å². The van der Waals surface area contributed by atoms with E-state index in [2.05, 4.69) is 16.0 Å². The standard InChI is InChI=1S/C30H41N3O5/c1-21(2)17-26(28(35)31-25(19-34)16-15-23-11-7-5-8-12-23)32-29(36)27(18-22(3)4)33-30(37)38-20-24-13-9-6-10-14-24/h5-14,19,21-22,25-27H,15-18,20H2,1-4H3,(H,31,35)(H,32,36)(H,33,37)/t25-,26-,27?/m0/s1. The van der Waals surface area contributed by atoms with Gasteiger partial charge in [0, 0.05) is 0 Å². The Labute approximate surface area is 225 Å². The molecule has 0 heterocycles. The van der Waals surface area contributed by atoms with Crippen molar-refractivity contribution < 1.29 is 23.9 Å². The summed E-state index contributed by atoms with van der Waals surface area (Å²) in [4.78, 5) is 50.5. The molecule has 0 fully saturated rings. The molecule has 8 nitrogen and oxygen atoms in total. The van der Waals surface area contributed by atoms with Crippen LogP contribution in [0, 0.1) is 11.8 Å². The SMILES string of the molecule is CC(C)CC(NC(=O)OCc1ccccc1)C(=O)N[C@@H](CC(C)C)C(=O)N[C@H](C=O)CCc1ccccc1. The largest absolute Gasteiger partial charge is 0.445 e. The number of aldehydes is 1. The normalized spacial score (nSPS) is 13.3. The van der Waals surface area contributed by atoms with Crippen molar-refractivity contribution in [1.82, 2.24) is 16.0 Å². The van der Waals surface area contributed by atoms with Crippen LogP contribution in [0.1, 0.15) is 58.1 Å². The van der Waals surface area contributed by atoms with E-state index >= 15 is 0 Å². The van der Waals surface area contributed by atoms with Crippen LogP contribution in [0.3, 0.4) is 0 Å². The monoisotopic (exact) mass is 523 g/mol. The maximum atomic E-state index is 13.2. The summed E-state index contributed by atoms with van der Waals surface area (Å²) in [5, 5.41) is 8.22. The first-order chi connectivity index (χ1) is 18.2. The molecule has 0 spiro atoms. The minimum absolute atomic E-state index is 0.0805. The van der Waals surface area contributed by atoms with E-state index < -0.39 is 36.0 Å². The van der Waals surface area contributed by atoms with Crippen molar-refractivity contribution in [2.24, 2.45) is 11.8 Å². The Morgan fingerprint density at radius 1 is 0.737 bits per heavy atom. The molecule has 0 aliphatic rings. The molecular formula is C30H41N3O5. The van der Waals surface area contributed by atoms with E-state index in [9.17, 15) is 19.2 Å². The maximum Gasteiger partial charge on any atom is 0.408 e. The molecule has 0 aromatic heterocycles. The summed E-state index contributed by atoms with van der Waals surface area (Å²) in [6.07, 6.45) is 1.86. The molecule has 8 heteroatoms. The van der Waals surface area contributed by atoms with Gasteiger partial charge in [-0.2, -0.15) is 0 Å². The van der Waals surface area contributed by atoms with Gasteiger partial charge in [-0.1, -0.05) is 88.4 Å². The Hall–Kier alpha value is -3.68. The average molecular weight is 524 g/mol. The fourth-order valence-corrected chi connectivity index (χ4v) is 4.01.